The molecule has 5 rings (SSSR count). The van der Waals surface area contributed by atoms with Crippen LogP contribution < -0.4 is 5.73 Å². The van der Waals surface area contributed by atoms with Crippen molar-refractivity contribution < 1.29 is 19.1 Å². The van der Waals surface area contributed by atoms with E-state index in [1.165, 1.54) is 0 Å². The number of hydrogen-bond donors (Lipinski definition) is 1. The summed E-state index contributed by atoms with van der Waals surface area (Å²) in [6, 6.07) is 6.97. The van der Waals surface area contributed by atoms with Gasteiger partial charge >= 0.3 is 0 Å². The van der Waals surface area contributed by atoms with E-state index >= 15 is 0 Å². The minimum Gasteiger partial charge on any atom is -0.381 e. The van der Waals surface area contributed by atoms with Crippen molar-refractivity contribution in [2.45, 2.75) is 102 Å². The molecule has 0 radical (unpaired) electrons. The molecule has 0 spiro atoms. The third-order valence-electron chi connectivity index (χ3n) is 10.4. The number of carbonyl (C=O) groups is 3. The normalized spacial score (nSPS) is 31.3. The number of nitrogens with zero attached hydrogens (tertiary/aromatic N) is 3. The first-order chi connectivity index (χ1) is 19.9. The molecule has 1 aliphatic carbocycles. The lowest BCUT2D eigenvalue weighted by molar-refractivity contribution is -0.145. The molecule has 4 aliphatic rings. The summed E-state index contributed by atoms with van der Waals surface area (Å²) in [5, 5.41) is 0.662. The Morgan fingerprint density at radius 3 is 2.17 bits per heavy atom. The van der Waals surface area contributed by atoms with E-state index in [0.29, 0.717) is 43.7 Å². The molecule has 0 aromatic heterocycles. The molecule has 42 heavy (non-hydrogen) atoms. The van der Waals surface area contributed by atoms with Crippen LogP contribution in [0.25, 0.3) is 0 Å². The second-order valence-corrected chi connectivity index (χ2v) is 14.6. The summed E-state index contributed by atoms with van der Waals surface area (Å²) in [4.78, 5) is 47.7. The van der Waals surface area contributed by atoms with Gasteiger partial charge in [-0.05, 0) is 89.3 Å². The Morgan fingerprint density at radius 2 is 1.57 bits per heavy atom. The highest BCUT2D eigenvalue weighted by Gasteiger charge is 2.50. The van der Waals surface area contributed by atoms with Crippen molar-refractivity contribution in [2.24, 2.45) is 23.5 Å². The third kappa shape index (κ3) is 6.66. The predicted octanol–water partition coefficient (Wildman–Crippen LogP) is 4.44. The average molecular weight is 601 g/mol. The van der Waals surface area contributed by atoms with E-state index in [1.807, 2.05) is 24.3 Å². The van der Waals surface area contributed by atoms with Crippen LogP contribution in [0, 0.1) is 17.8 Å². The number of amides is 3. The fraction of sp³-hybridized carbons (Fsp3) is 0.727. The van der Waals surface area contributed by atoms with Crippen LogP contribution in [0.3, 0.4) is 0 Å². The summed E-state index contributed by atoms with van der Waals surface area (Å²) < 4.78 is 5.56. The molecule has 4 fully saturated rings. The van der Waals surface area contributed by atoms with Crippen molar-refractivity contribution in [3.63, 3.8) is 0 Å². The van der Waals surface area contributed by atoms with E-state index in [1.54, 1.807) is 4.90 Å². The first-order valence-corrected chi connectivity index (χ1v) is 16.3. The molecule has 232 valence electrons. The maximum atomic E-state index is 14.5. The molecule has 8 nitrogen and oxygen atoms in total. The quantitative estimate of drug-likeness (QED) is 0.521. The zero-order valence-corrected chi connectivity index (χ0v) is 26.5. The highest BCUT2D eigenvalue weighted by molar-refractivity contribution is 6.30. The predicted molar refractivity (Wildman–Crippen MR) is 164 cm³/mol. The monoisotopic (exact) mass is 600 g/mol. The fourth-order valence-electron chi connectivity index (χ4n) is 7.73. The zero-order chi connectivity index (χ0) is 30.2. The summed E-state index contributed by atoms with van der Waals surface area (Å²) >= 11 is 6.20. The number of nitrogens with two attached hydrogens (primary N) is 1. The molecule has 1 aromatic carbocycles. The minimum atomic E-state index is -0.718. The summed E-state index contributed by atoms with van der Waals surface area (Å²) in [6.45, 7) is 11.7. The summed E-state index contributed by atoms with van der Waals surface area (Å²) in [5.74, 6) is -0.126. The number of rotatable bonds is 6. The van der Waals surface area contributed by atoms with Crippen LogP contribution in [0.5, 0.6) is 0 Å². The molecule has 3 amide bonds. The molecule has 3 saturated heterocycles. The van der Waals surface area contributed by atoms with E-state index in [4.69, 9.17) is 22.1 Å². The molecule has 1 saturated carbocycles. The number of halogens is 1. The largest absolute Gasteiger partial charge is 0.381 e. The van der Waals surface area contributed by atoms with Gasteiger partial charge in [-0.3, -0.25) is 19.3 Å². The molecule has 1 aromatic rings. The molecule has 3 aliphatic heterocycles. The van der Waals surface area contributed by atoms with Gasteiger partial charge in [0.1, 0.15) is 6.04 Å². The van der Waals surface area contributed by atoms with Crippen molar-refractivity contribution in [3.8, 4) is 0 Å². The molecule has 9 heteroatoms. The lowest BCUT2D eigenvalue weighted by Crippen LogP contribution is -2.52. The smallest absolute Gasteiger partial charge is 0.240 e. The van der Waals surface area contributed by atoms with Gasteiger partial charge in [0, 0.05) is 61.3 Å². The van der Waals surface area contributed by atoms with Gasteiger partial charge in [-0.2, -0.15) is 0 Å². The highest BCUT2D eigenvalue weighted by Crippen LogP contribution is 2.40. The molecule has 4 atom stereocenters. The minimum absolute atomic E-state index is 0.0265. The zero-order valence-electron chi connectivity index (χ0n) is 25.8. The van der Waals surface area contributed by atoms with Gasteiger partial charge in [-0.1, -0.05) is 30.7 Å². The van der Waals surface area contributed by atoms with Gasteiger partial charge < -0.3 is 20.3 Å². The fourth-order valence-corrected chi connectivity index (χ4v) is 7.85. The molecule has 0 bridgehead atoms. The Morgan fingerprint density at radius 1 is 0.929 bits per heavy atom. The Labute approximate surface area is 256 Å². The second kappa shape index (κ2) is 12.8. The van der Waals surface area contributed by atoms with Gasteiger partial charge in [0.05, 0.1) is 12.0 Å². The molecular formula is C33H49ClN4O4. The van der Waals surface area contributed by atoms with Crippen molar-refractivity contribution in [3.05, 3.63) is 34.9 Å². The van der Waals surface area contributed by atoms with Crippen LogP contribution in [0.2, 0.25) is 5.02 Å². The van der Waals surface area contributed by atoms with E-state index in [-0.39, 0.29) is 47.2 Å². The lowest BCUT2D eigenvalue weighted by atomic mass is 9.84. The number of primary amides is 1. The molecule has 0 unspecified atom stereocenters. The van der Waals surface area contributed by atoms with Gasteiger partial charge in [0.15, 0.2) is 0 Å². The molecule has 3 heterocycles. The van der Waals surface area contributed by atoms with Crippen LogP contribution in [0.4, 0.5) is 0 Å². The molecule has 2 N–H and O–H groups in total. The molecular weight excluding hydrogens is 552 g/mol. The second-order valence-electron chi connectivity index (χ2n) is 14.2. The summed E-state index contributed by atoms with van der Waals surface area (Å²) in [5.41, 5.74) is 6.95. The van der Waals surface area contributed by atoms with Gasteiger partial charge in [-0.15, -0.1) is 0 Å². The Balaban J connectivity index is 1.42. The number of likely N-dealkylation sites (tertiary alicyclic amines) is 2. The topological polar surface area (TPSA) is 96.2 Å². The van der Waals surface area contributed by atoms with Crippen LogP contribution >= 0.6 is 11.6 Å². The van der Waals surface area contributed by atoms with Crippen molar-refractivity contribution in [2.75, 3.05) is 32.8 Å². The first kappa shape index (κ1) is 31.3. The maximum Gasteiger partial charge on any atom is 0.240 e. The number of hydrogen-bond acceptors (Lipinski definition) is 5. The van der Waals surface area contributed by atoms with E-state index in [9.17, 15) is 14.4 Å². The summed E-state index contributed by atoms with van der Waals surface area (Å²) in [6.07, 6.45) is 5.95. The number of benzene rings is 1. The summed E-state index contributed by atoms with van der Waals surface area (Å²) in [7, 11) is 0. The van der Waals surface area contributed by atoms with Crippen LogP contribution in [-0.4, -0.2) is 88.9 Å². The third-order valence-corrected chi connectivity index (χ3v) is 10.6. The van der Waals surface area contributed by atoms with Gasteiger partial charge in [-0.25, -0.2) is 0 Å². The van der Waals surface area contributed by atoms with E-state index in [0.717, 1.165) is 50.6 Å². The van der Waals surface area contributed by atoms with Crippen LogP contribution in [-0.2, 0) is 19.1 Å². The average Bonchev–Trinajstić information content (AvgIpc) is 3.61. The van der Waals surface area contributed by atoms with Gasteiger partial charge in [0.2, 0.25) is 17.7 Å². The van der Waals surface area contributed by atoms with Gasteiger partial charge in [0.25, 0.3) is 0 Å². The number of carbonyl (C=O) groups excluding carboxylic acids is 3. The van der Waals surface area contributed by atoms with Crippen molar-refractivity contribution in [1.29, 1.82) is 0 Å². The number of ether oxygens (including phenoxy) is 1. The first-order valence-electron chi connectivity index (χ1n) is 15.9. The van der Waals surface area contributed by atoms with E-state index in [2.05, 4.69) is 37.5 Å². The van der Waals surface area contributed by atoms with E-state index < -0.39 is 11.9 Å². The van der Waals surface area contributed by atoms with Crippen molar-refractivity contribution in [1.82, 2.24) is 14.7 Å². The highest BCUT2D eigenvalue weighted by atomic mass is 35.5. The Kier molecular flexibility index (Phi) is 9.55. The standard InChI is InChI=1S/C33H49ClN4O4/c1-21-5-11-25(12-6-21)38(31(40)23-13-15-42-16-14-23)26-17-29(30(35)39)37(18-26)32(41)28-20-36(33(2,3)4)19-27(28)22-7-9-24(34)10-8-22/h7-10,21,23,25-29H,5-6,11-20H2,1-4H3,(H2,35,39)/t21-,25+,26-,27-,28+,29-/m0/s1. The maximum absolute atomic E-state index is 14.5. The Hall–Kier alpha value is -2.16. The van der Waals surface area contributed by atoms with Crippen LogP contribution in [0.15, 0.2) is 24.3 Å². The lowest BCUT2D eigenvalue weighted by Gasteiger charge is -2.42. The van der Waals surface area contributed by atoms with Crippen LogP contribution in [0.1, 0.15) is 84.1 Å². The Bertz CT molecular complexity index is 1120. The SMILES string of the molecule is CC(C)(C)N1C[C@@H](C(=O)N2C[C@@H](N(C(=O)C3CCOCC3)[C@H]3CC[C@@H](C)CC3)C[C@H]2C(N)=O)[C@H](c2ccc(Cl)cc2)C1. The van der Waals surface area contributed by atoms with Crippen molar-refractivity contribution >= 4 is 29.3 Å².